The summed E-state index contributed by atoms with van der Waals surface area (Å²) in [6.45, 7) is 0. The lowest BCUT2D eigenvalue weighted by molar-refractivity contribution is 0.585. The van der Waals surface area contributed by atoms with Crippen molar-refractivity contribution in [3.05, 3.63) is 41.2 Å². The number of allylic oxidation sites excluding steroid dienone is 1. The molecule has 5 heteroatoms. The maximum atomic E-state index is 13.9. The molecule has 2 heterocycles. The molecule has 1 aromatic rings. The summed E-state index contributed by atoms with van der Waals surface area (Å²) in [6.07, 6.45) is 3.66. The molecule has 1 saturated heterocycles. The van der Waals surface area contributed by atoms with Crippen molar-refractivity contribution in [2.75, 3.05) is 0 Å². The molecule has 0 radical (unpaired) electrons. The van der Waals surface area contributed by atoms with Crippen molar-refractivity contribution in [1.82, 2.24) is 0 Å². The van der Waals surface area contributed by atoms with Gasteiger partial charge in [0.2, 0.25) is 0 Å². The number of halogens is 1. The maximum Gasteiger partial charge on any atom is 0.159 e. The lowest BCUT2D eigenvalue weighted by atomic mass is 9.98. The zero-order valence-corrected chi connectivity index (χ0v) is 11.7. The van der Waals surface area contributed by atoms with Crippen molar-refractivity contribution in [1.29, 1.82) is 5.26 Å². The Bertz CT molecular complexity index is 731. The molecule has 0 aliphatic carbocycles. The van der Waals surface area contributed by atoms with E-state index < -0.39 is 20.9 Å². The van der Waals surface area contributed by atoms with Crippen LogP contribution in [0, 0.1) is 17.1 Å². The highest BCUT2D eigenvalue weighted by Crippen LogP contribution is 2.40. The quantitative estimate of drug-likeness (QED) is 0.841. The summed E-state index contributed by atoms with van der Waals surface area (Å²) < 4.78 is 37.9. The van der Waals surface area contributed by atoms with Gasteiger partial charge in [0.1, 0.15) is 5.82 Å². The molecule has 0 amide bonds. The second-order valence-corrected chi connectivity index (χ2v) is 7.81. The first kappa shape index (κ1) is 13.3. The van der Waals surface area contributed by atoms with Crippen molar-refractivity contribution in [3.63, 3.8) is 0 Å². The molecule has 2 aliphatic rings. The summed E-state index contributed by atoms with van der Waals surface area (Å²) in [5, 5.41) is 7.89. The number of hydrogen-bond donors (Lipinski definition) is 0. The number of benzene rings is 1. The summed E-state index contributed by atoms with van der Waals surface area (Å²) in [5.41, 5.74) is 2.02. The zero-order valence-electron chi connectivity index (χ0n) is 10.8. The van der Waals surface area contributed by atoms with E-state index in [1.165, 1.54) is 6.07 Å². The van der Waals surface area contributed by atoms with Crippen molar-refractivity contribution in [2.24, 2.45) is 0 Å². The minimum atomic E-state index is -3.01. The van der Waals surface area contributed by atoms with E-state index in [0.717, 1.165) is 11.1 Å². The third-order valence-electron chi connectivity index (χ3n) is 4.19. The third kappa shape index (κ3) is 2.04. The maximum absolute atomic E-state index is 13.9. The van der Waals surface area contributed by atoms with Crippen LogP contribution in [0.25, 0.3) is 5.57 Å². The molecule has 2 atom stereocenters. The molecule has 3 nitrogen and oxygen atoms in total. The Hall–Kier alpha value is -1.67. The van der Waals surface area contributed by atoms with Crippen LogP contribution in [0.2, 0.25) is 0 Å². The second kappa shape index (κ2) is 4.71. The topological polar surface area (TPSA) is 57.9 Å². The Morgan fingerprint density at radius 1 is 1.35 bits per heavy atom. The van der Waals surface area contributed by atoms with Gasteiger partial charge in [0.05, 0.1) is 23.0 Å². The zero-order chi connectivity index (χ0) is 14.3. The monoisotopic (exact) mass is 291 g/mol. The van der Waals surface area contributed by atoms with E-state index in [1.807, 2.05) is 6.07 Å². The summed E-state index contributed by atoms with van der Waals surface area (Å²) in [4.78, 5) is 0. The molecule has 0 saturated carbocycles. The summed E-state index contributed by atoms with van der Waals surface area (Å²) in [7, 11) is -3.01. The first-order chi connectivity index (χ1) is 9.52. The SMILES string of the molecule is N#CCc1ccc(C2=CC3CCC(C2)S3(=O)=O)cc1F. The van der Waals surface area contributed by atoms with Crippen molar-refractivity contribution >= 4 is 15.4 Å². The average Bonchev–Trinajstić information content (AvgIpc) is 2.61. The Kier molecular flexibility index (Phi) is 3.14. The van der Waals surface area contributed by atoms with Crippen LogP contribution < -0.4 is 0 Å². The molecule has 2 unspecified atom stereocenters. The van der Waals surface area contributed by atoms with Crippen LogP contribution in [0.3, 0.4) is 0 Å². The number of fused-ring (bicyclic) bond motifs is 2. The number of nitrogens with zero attached hydrogens (tertiary/aromatic N) is 1. The Morgan fingerprint density at radius 2 is 2.15 bits per heavy atom. The highest BCUT2D eigenvalue weighted by Gasteiger charge is 2.43. The van der Waals surface area contributed by atoms with Gasteiger partial charge in [0, 0.05) is 5.56 Å². The molecule has 104 valence electrons. The molecular formula is C15H14FNO2S. The smallest absolute Gasteiger partial charge is 0.159 e. The predicted molar refractivity (Wildman–Crippen MR) is 74.0 cm³/mol. The van der Waals surface area contributed by atoms with Crippen LogP contribution in [-0.4, -0.2) is 18.9 Å². The molecule has 2 aliphatic heterocycles. The molecule has 0 N–H and O–H groups in total. The first-order valence-corrected chi connectivity index (χ1v) is 8.22. The number of hydrogen-bond acceptors (Lipinski definition) is 3. The molecule has 1 aromatic carbocycles. The predicted octanol–water partition coefficient (Wildman–Crippen LogP) is 2.62. The van der Waals surface area contributed by atoms with E-state index in [1.54, 1.807) is 18.2 Å². The van der Waals surface area contributed by atoms with Gasteiger partial charge < -0.3 is 0 Å². The van der Waals surface area contributed by atoms with Gasteiger partial charge in [0.15, 0.2) is 9.84 Å². The van der Waals surface area contributed by atoms with E-state index in [4.69, 9.17) is 5.26 Å². The van der Waals surface area contributed by atoms with Gasteiger partial charge in [-0.3, -0.25) is 0 Å². The van der Waals surface area contributed by atoms with Gasteiger partial charge in [-0.25, -0.2) is 12.8 Å². The van der Waals surface area contributed by atoms with Gasteiger partial charge in [-0.05, 0) is 36.5 Å². The van der Waals surface area contributed by atoms with Crippen molar-refractivity contribution in [3.8, 4) is 6.07 Å². The van der Waals surface area contributed by atoms with Gasteiger partial charge in [-0.2, -0.15) is 5.26 Å². The van der Waals surface area contributed by atoms with Crippen molar-refractivity contribution in [2.45, 2.75) is 36.2 Å². The van der Waals surface area contributed by atoms with Crippen LogP contribution >= 0.6 is 0 Å². The minimum Gasteiger partial charge on any atom is -0.228 e. The van der Waals surface area contributed by atoms with Crippen LogP contribution in [0.15, 0.2) is 24.3 Å². The average molecular weight is 291 g/mol. The van der Waals surface area contributed by atoms with Crippen LogP contribution in [0.5, 0.6) is 0 Å². The molecule has 2 bridgehead atoms. The summed E-state index contributed by atoms with van der Waals surface area (Å²) >= 11 is 0. The number of rotatable bonds is 2. The fraction of sp³-hybridized carbons (Fsp3) is 0.400. The second-order valence-electron chi connectivity index (χ2n) is 5.36. The fourth-order valence-corrected chi connectivity index (χ4v) is 5.24. The molecular weight excluding hydrogens is 277 g/mol. The van der Waals surface area contributed by atoms with Gasteiger partial charge in [-0.1, -0.05) is 18.2 Å². The van der Waals surface area contributed by atoms with E-state index >= 15 is 0 Å². The highest BCUT2D eigenvalue weighted by atomic mass is 32.2. The minimum absolute atomic E-state index is 0.0464. The van der Waals surface area contributed by atoms with Crippen LogP contribution in [-0.2, 0) is 16.3 Å². The Morgan fingerprint density at radius 3 is 2.80 bits per heavy atom. The van der Waals surface area contributed by atoms with Gasteiger partial charge >= 0.3 is 0 Å². The Balaban J connectivity index is 1.96. The molecule has 1 fully saturated rings. The molecule has 0 spiro atoms. The number of nitriles is 1. The Labute approximate surface area is 117 Å². The first-order valence-electron chi connectivity index (χ1n) is 6.61. The third-order valence-corrected chi connectivity index (χ3v) is 6.74. The van der Waals surface area contributed by atoms with Crippen molar-refractivity contribution < 1.29 is 12.8 Å². The lowest BCUT2D eigenvalue weighted by Gasteiger charge is -2.20. The van der Waals surface area contributed by atoms with E-state index in [0.29, 0.717) is 24.8 Å². The molecule has 0 aromatic heterocycles. The highest BCUT2D eigenvalue weighted by molar-refractivity contribution is 7.93. The van der Waals surface area contributed by atoms with Crippen LogP contribution in [0.4, 0.5) is 4.39 Å². The van der Waals surface area contributed by atoms with Gasteiger partial charge in [0.25, 0.3) is 0 Å². The van der Waals surface area contributed by atoms with E-state index in [-0.39, 0.29) is 11.7 Å². The standard InChI is InChI=1S/C15H14FNO2S/c16-15-9-11(2-1-10(15)5-6-17)12-7-13-3-4-14(8-12)20(13,18)19/h1-2,7,9,13-14H,3-5,8H2. The van der Waals surface area contributed by atoms with Crippen LogP contribution in [0.1, 0.15) is 30.4 Å². The number of sulfone groups is 1. The molecule has 20 heavy (non-hydrogen) atoms. The van der Waals surface area contributed by atoms with E-state index in [9.17, 15) is 12.8 Å². The largest absolute Gasteiger partial charge is 0.228 e. The van der Waals surface area contributed by atoms with E-state index in [2.05, 4.69) is 0 Å². The lowest BCUT2D eigenvalue weighted by Crippen LogP contribution is -2.26. The van der Waals surface area contributed by atoms with Gasteiger partial charge in [-0.15, -0.1) is 0 Å². The fourth-order valence-electron chi connectivity index (χ4n) is 3.05. The normalized spacial score (nSPS) is 26.9. The summed E-state index contributed by atoms with van der Waals surface area (Å²) in [5.74, 6) is -0.397. The summed E-state index contributed by atoms with van der Waals surface area (Å²) in [6, 6.07) is 6.72. The molecule has 3 rings (SSSR count).